The fourth-order valence-electron chi connectivity index (χ4n) is 17.5. The molecule has 0 spiro atoms. The van der Waals surface area contributed by atoms with Crippen molar-refractivity contribution in [1.29, 1.82) is 0 Å². The number of ether oxygens (including phenoxy) is 6. The molecule has 5 aliphatic rings. The Labute approximate surface area is 853 Å². The number of carbonyl (C=O) groups is 19. The second-order valence-corrected chi connectivity index (χ2v) is 37.2. The Hall–Kier alpha value is -14.5. The quantitative estimate of drug-likeness (QED) is 0.0150. The fraction of sp³-hybridized carbons (Fsp3) is 0.545. The molecule has 10 rings (SSSR count). The number of amides is 19. The Kier molecular flexibility index (Phi) is 43.1. The maximum atomic E-state index is 15.7. The number of aliphatic hydroxyl groups is 3. The van der Waals surface area contributed by atoms with Crippen molar-refractivity contribution in [3.05, 3.63) is 114 Å². The van der Waals surface area contributed by atoms with Gasteiger partial charge in [0.25, 0.3) is 23.6 Å². The van der Waals surface area contributed by atoms with Crippen molar-refractivity contribution in [3.8, 4) is 11.5 Å². The van der Waals surface area contributed by atoms with Crippen LogP contribution in [-0.4, -0.2) is 388 Å². The Morgan fingerprint density at radius 1 is 0.554 bits per heavy atom. The van der Waals surface area contributed by atoms with Gasteiger partial charge in [0.1, 0.15) is 73.3 Å². The van der Waals surface area contributed by atoms with Gasteiger partial charge in [-0.05, 0) is 125 Å². The van der Waals surface area contributed by atoms with Gasteiger partial charge in [0.2, 0.25) is 83.1 Å². The summed E-state index contributed by atoms with van der Waals surface area (Å²) in [5, 5.41) is 69.7. The number of likely N-dealkylation sites (N-methyl/N-ethyl adjacent to an activating group) is 4. The van der Waals surface area contributed by atoms with Gasteiger partial charge in [-0.3, -0.25) is 86.4 Å². The van der Waals surface area contributed by atoms with E-state index in [1.54, 1.807) is 122 Å². The number of aliphatic hydroxyl groups excluding tert-OH is 3. The third-order valence-corrected chi connectivity index (χ3v) is 25.6. The molecule has 2 aromatic heterocycles. The zero-order valence-electron chi connectivity index (χ0n) is 84.4. The number of para-hydroxylation sites is 2. The van der Waals surface area contributed by atoms with Crippen LogP contribution in [-0.2, 0) is 102 Å². The summed E-state index contributed by atoms with van der Waals surface area (Å²) in [4.78, 5) is 285. The Bertz CT molecular complexity index is 5630. The summed E-state index contributed by atoms with van der Waals surface area (Å²) in [5.41, 5.74) is 5.52. The molecular formula is C99H134N20O29. The topological polar surface area (TPSA) is 655 Å². The minimum atomic E-state index is -2.15. The van der Waals surface area contributed by atoms with Gasteiger partial charge < -0.3 is 137 Å². The first-order valence-corrected chi connectivity index (χ1v) is 49.3. The van der Waals surface area contributed by atoms with Crippen molar-refractivity contribution in [3.63, 3.8) is 0 Å². The number of aliphatic carboxylic acids is 1. The normalized spacial score (nSPS) is 22.3. The summed E-state index contributed by atoms with van der Waals surface area (Å²) in [5.74, 6) is -17.7. The van der Waals surface area contributed by atoms with Crippen LogP contribution in [0.4, 0.5) is 10.5 Å². The SMILES string of the molecule is CCN1CC(=O)N(C)[C@@H](C(C)C)C(=O)NC[C@@H](NC(=O)c2nc3ccccc3cc2O[C@@H]2O[C@H](C(=O)O)[C@@H](O)[C@H](O)[C@H]2O)C(=O)N2CCCC[C@H]2C(=O)NCC(=O)N(CC)CC(=O)N(C)[C@@H](C(C)C)C(=O)NC[C@@H](NC(=O)c2nc3ccccc3cc2OCc2ccc(NC(=O)[C@H](CCCNC(N)=O)NC(=O)[C@@H](NC(=O)CCOCCOCCOCCN3C(=O)C=CC3=O)C(C)C)cc2)C(=O)N2CCCC[C@H]2C(=O)NCC1=O. The molecule has 0 aliphatic carbocycles. The van der Waals surface area contributed by atoms with Crippen LogP contribution in [0.1, 0.15) is 140 Å². The van der Waals surface area contributed by atoms with E-state index >= 15 is 19.2 Å². The number of imide groups is 1. The molecule has 0 bridgehead atoms. The Morgan fingerprint density at radius 3 is 1.51 bits per heavy atom. The highest BCUT2D eigenvalue weighted by Crippen LogP contribution is 2.32. The molecule has 148 heavy (non-hydrogen) atoms. The average molecular weight is 2070 g/mol. The standard InChI is InChI=1S/C99H134N20O29/c1-11-115-52-76(125)113(9)81(56(5)6)93(136)102-48-65(110-91(134)79-69(46-59-22-13-15-24-62(59)107-79)146-54-58-29-31-61(32-30-58)106-87(130)64(26-21-36-101-99(100)142)109-90(133)78(55(3)4)112-71(120)35-40-143-42-44-145-45-43-144-41-39-119-72(121)33-34-73(119)122)95(138)117-37-19-17-27-67(117)88(131)104-50-74(123)116(12-2)53-77(126)114(10)82(57(7)8)94(137)103-49-66(96(139)118-38-20-18-28-68(118)89(132)105-51-75(115)124)111-92(135)80-70(47-60-23-14-16-25-63(60)108-80)147-98-85(129)83(127)84(128)86(148-98)97(140)141/h13-16,22-25,29-34,46-47,55-57,64-68,78,81-86,98,127-129H,11-12,17-21,26-28,35-45,48-54H2,1-10H3,(H,102,136)(H,103,137)(H,104,131)(H,105,132)(H,106,130)(H,109,133)(H,110,134)(H,111,135)(H,112,120)(H,140,141)(H3,100,101,142)/t64-,65+,66+,67-,68-,78-,81-,82-,83-,84-,85+,86-,98+/m0/s1. The van der Waals surface area contributed by atoms with Crippen LogP contribution in [0.3, 0.4) is 0 Å². The van der Waals surface area contributed by atoms with Crippen molar-refractivity contribution in [2.45, 2.75) is 199 Å². The van der Waals surface area contributed by atoms with Crippen LogP contribution < -0.4 is 68.4 Å². The average Bonchev–Trinajstić information content (AvgIpc) is 0.914. The molecule has 13 atom stereocenters. The molecule has 49 nitrogen and oxygen atoms in total. The van der Waals surface area contributed by atoms with Crippen LogP contribution in [0.2, 0.25) is 0 Å². The molecule has 0 radical (unpaired) electrons. The highest BCUT2D eigenvalue weighted by Gasteiger charge is 2.50. The zero-order chi connectivity index (χ0) is 108. The molecule has 3 aromatic carbocycles. The minimum Gasteiger partial charge on any atom is -0.486 e. The number of benzene rings is 3. The lowest BCUT2D eigenvalue weighted by Crippen LogP contribution is -2.62. The number of carboxylic acids is 1. The first kappa shape index (κ1) is 115. The van der Waals surface area contributed by atoms with Crippen molar-refractivity contribution in [1.82, 2.24) is 92.1 Å². The molecule has 5 aromatic rings. The summed E-state index contributed by atoms with van der Waals surface area (Å²) in [7, 11) is 2.60. The van der Waals surface area contributed by atoms with Gasteiger partial charge in [-0.25, -0.2) is 19.6 Å². The number of nitrogens with zero attached hydrogens (tertiary/aromatic N) is 9. The second-order valence-electron chi connectivity index (χ2n) is 37.2. The summed E-state index contributed by atoms with van der Waals surface area (Å²) in [6, 6.07) is 9.82. The van der Waals surface area contributed by atoms with E-state index < -0.39 is 260 Å². The summed E-state index contributed by atoms with van der Waals surface area (Å²) in [6.45, 7) is 8.81. The van der Waals surface area contributed by atoms with Gasteiger partial charge >= 0.3 is 12.0 Å². The minimum absolute atomic E-state index is 0.00315. The van der Waals surface area contributed by atoms with Gasteiger partial charge in [-0.2, -0.15) is 0 Å². The molecule has 804 valence electrons. The number of pyridine rings is 2. The number of carboxylic acid groups (broad SMARTS) is 1. The van der Waals surface area contributed by atoms with Crippen molar-refractivity contribution in [2.75, 3.05) is 138 Å². The smallest absolute Gasteiger partial charge is 0.335 e. The number of nitrogens with two attached hydrogens (primary N) is 1. The third-order valence-electron chi connectivity index (χ3n) is 25.6. The second kappa shape index (κ2) is 55.3. The first-order chi connectivity index (χ1) is 70.6. The van der Waals surface area contributed by atoms with Gasteiger partial charge in [0.05, 0.1) is 83.4 Å². The number of piperidine rings is 2. The monoisotopic (exact) mass is 2070 g/mol. The van der Waals surface area contributed by atoms with E-state index in [0.717, 1.165) is 29.4 Å². The van der Waals surface area contributed by atoms with Crippen molar-refractivity contribution in [2.24, 2.45) is 23.5 Å². The highest BCUT2D eigenvalue weighted by atomic mass is 16.7. The van der Waals surface area contributed by atoms with E-state index in [-0.39, 0.29) is 140 Å². The summed E-state index contributed by atoms with van der Waals surface area (Å²) in [6.07, 6.45) is -6.85. The number of hydrogen-bond acceptors (Lipinski definition) is 30. The largest absolute Gasteiger partial charge is 0.486 e. The Morgan fingerprint density at radius 2 is 1.03 bits per heavy atom. The van der Waals surface area contributed by atoms with Crippen LogP contribution in [0.5, 0.6) is 11.5 Å². The number of fused-ring (bicyclic) bond motifs is 4. The predicted molar refractivity (Wildman–Crippen MR) is 527 cm³/mol. The molecule has 4 fully saturated rings. The maximum Gasteiger partial charge on any atom is 0.335 e. The number of aromatic nitrogens is 2. The number of nitrogens with one attached hydrogen (secondary N) is 10. The molecule has 16 N–H and O–H groups in total. The van der Waals surface area contributed by atoms with Gasteiger partial charge in [-0.1, -0.05) is 90.1 Å². The van der Waals surface area contributed by atoms with Crippen molar-refractivity contribution >= 4 is 140 Å². The number of anilines is 1. The lowest BCUT2D eigenvalue weighted by atomic mass is 9.99. The number of rotatable bonds is 36. The van der Waals surface area contributed by atoms with E-state index in [2.05, 4.69) is 58.2 Å². The molecule has 7 heterocycles. The van der Waals surface area contributed by atoms with Crippen molar-refractivity contribution < 1.29 is 140 Å². The van der Waals surface area contributed by atoms with E-state index in [9.17, 15) is 92.3 Å². The number of primary amides is 1. The molecule has 19 amide bonds. The van der Waals surface area contributed by atoms with E-state index in [1.807, 2.05) is 0 Å². The van der Waals surface area contributed by atoms with E-state index in [0.29, 0.717) is 47.5 Å². The molecule has 0 unspecified atom stereocenters. The van der Waals surface area contributed by atoms with Crippen LogP contribution in [0, 0.1) is 17.8 Å². The van der Waals surface area contributed by atoms with Gasteiger partial charge in [0, 0.05) is 94.9 Å². The molecule has 0 saturated carbocycles. The fourth-order valence-corrected chi connectivity index (χ4v) is 17.5. The molecule has 5 aliphatic heterocycles. The van der Waals surface area contributed by atoms with E-state index in [4.69, 9.17) is 39.1 Å². The van der Waals surface area contributed by atoms with Crippen LogP contribution in [0.25, 0.3) is 21.8 Å². The number of hydrogen-bond donors (Lipinski definition) is 15. The van der Waals surface area contributed by atoms with Gasteiger partial charge in [0.15, 0.2) is 29.0 Å². The summed E-state index contributed by atoms with van der Waals surface area (Å²) >= 11 is 0. The third kappa shape index (κ3) is 31.5. The molecule has 49 heteroatoms. The lowest BCUT2D eigenvalue weighted by Gasteiger charge is -2.38. The Balaban J connectivity index is 0.857. The van der Waals surface area contributed by atoms with Crippen LogP contribution in [0.15, 0.2) is 97.1 Å². The van der Waals surface area contributed by atoms with Gasteiger partial charge in [-0.15, -0.1) is 0 Å². The van der Waals surface area contributed by atoms with E-state index in [1.165, 1.54) is 49.3 Å². The lowest BCUT2D eigenvalue weighted by molar-refractivity contribution is -0.271. The number of urea groups is 1. The maximum absolute atomic E-state index is 15.7. The molecular weight excluding hydrogens is 1930 g/mol. The zero-order valence-corrected chi connectivity index (χ0v) is 84.4. The number of carbonyl (C=O) groups excluding carboxylic acids is 18. The predicted octanol–water partition coefficient (Wildman–Crippen LogP) is -2.19. The summed E-state index contributed by atoms with van der Waals surface area (Å²) < 4.78 is 34.2. The molecule has 4 saturated heterocycles. The van der Waals surface area contributed by atoms with Crippen LogP contribution >= 0.6 is 0 Å². The highest BCUT2D eigenvalue weighted by molar-refractivity contribution is 6.13. The first-order valence-electron chi connectivity index (χ1n) is 49.3.